The van der Waals surface area contributed by atoms with Crippen LogP contribution in [0.5, 0.6) is 0 Å². The highest BCUT2D eigenvalue weighted by Crippen LogP contribution is 2.54. The summed E-state index contributed by atoms with van der Waals surface area (Å²) in [6.07, 6.45) is 4.69. The molecule has 1 aromatic heterocycles. The molecule has 0 spiro atoms. The Kier molecular flexibility index (Phi) is 8.87. The molecule has 0 atom stereocenters. The molecule has 0 fully saturated rings. The second-order valence-electron chi connectivity index (χ2n) is 24.4. The van der Waals surface area contributed by atoms with E-state index in [2.05, 4.69) is 220 Å². The highest BCUT2D eigenvalue weighted by atomic mass is 16.3. The molecular weight excluding hydrogens is 812 g/mol. The molecule has 12 rings (SSSR count). The Morgan fingerprint density at radius 1 is 0.478 bits per heavy atom. The minimum atomic E-state index is -0.0275. The van der Waals surface area contributed by atoms with Crippen LogP contribution in [0.1, 0.15) is 135 Å². The summed E-state index contributed by atoms with van der Waals surface area (Å²) in [6, 6.07) is 49.5. The van der Waals surface area contributed by atoms with Crippen LogP contribution in [0.15, 0.2) is 132 Å². The van der Waals surface area contributed by atoms with Crippen molar-refractivity contribution in [1.82, 2.24) is 0 Å². The van der Waals surface area contributed by atoms with Crippen LogP contribution in [0.3, 0.4) is 0 Å². The van der Waals surface area contributed by atoms with Crippen molar-refractivity contribution in [3.63, 3.8) is 0 Å². The number of aryl methyl sites for hydroxylation is 1. The van der Waals surface area contributed by atoms with Crippen molar-refractivity contribution in [3.8, 4) is 11.1 Å². The molecule has 7 aromatic carbocycles. The second kappa shape index (κ2) is 14.0. The first kappa shape index (κ1) is 42.4. The van der Waals surface area contributed by atoms with E-state index in [-0.39, 0.29) is 33.8 Å². The number of anilines is 6. The zero-order valence-electron chi connectivity index (χ0n) is 41.8. The van der Waals surface area contributed by atoms with E-state index in [1.54, 1.807) is 0 Å². The van der Waals surface area contributed by atoms with Crippen LogP contribution in [0.25, 0.3) is 33.1 Å². The molecule has 0 radical (unpaired) electrons. The fraction of sp³-hybridized carbons (Fsp3) is 0.333. The maximum absolute atomic E-state index is 6.81. The molecule has 2 aliphatic heterocycles. The highest BCUT2D eigenvalue weighted by molar-refractivity contribution is 7.00. The van der Waals surface area contributed by atoms with Crippen molar-refractivity contribution in [1.29, 1.82) is 0 Å². The van der Waals surface area contributed by atoms with Gasteiger partial charge in [-0.3, -0.25) is 0 Å². The largest absolute Gasteiger partial charge is 0.456 e. The molecule has 4 aliphatic rings. The molecule has 0 N–H and O–H groups in total. The number of fused-ring (bicyclic) bond motifs is 9. The Balaban J connectivity index is 1.23. The number of furan rings is 1. The topological polar surface area (TPSA) is 19.6 Å². The van der Waals surface area contributed by atoms with Crippen molar-refractivity contribution in [2.24, 2.45) is 0 Å². The lowest BCUT2D eigenvalue weighted by atomic mass is 9.33. The zero-order valence-corrected chi connectivity index (χ0v) is 41.8. The van der Waals surface area contributed by atoms with Crippen molar-refractivity contribution in [3.05, 3.63) is 161 Å². The Hall–Kier alpha value is -6.00. The average Bonchev–Trinajstić information content (AvgIpc) is 3.65. The van der Waals surface area contributed by atoms with Gasteiger partial charge >= 0.3 is 0 Å². The van der Waals surface area contributed by atoms with Crippen LogP contribution in [0, 0.1) is 6.92 Å². The summed E-state index contributed by atoms with van der Waals surface area (Å²) in [7, 11) is 0. The molecule has 3 nitrogen and oxygen atoms in total. The molecule has 2 aliphatic carbocycles. The van der Waals surface area contributed by atoms with Gasteiger partial charge in [0.15, 0.2) is 0 Å². The van der Waals surface area contributed by atoms with E-state index in [4.69, 9.17) is 4.42 Å². The van der Waals surface area contributed by atoms with Gasteiger partial charge in [0, 0.05) is 50.8 Å². The number of nitrogens with zero attached hydrogens (tertiary/aromatic N) is 2. The first-order valence-corrected chi connectivity index (χ1v) is 25.0. The van der Waals surface area contributed by atoms with E-state index in [0.29, 0.717) is 0 Å². The van der Waals surface area contributed by atoms with Gasteiger partial charge in [-0.1, -0.05) is 149 Å². The van der Waals surface area contributed by atoms with E-state index < -0.39 is 0 Å². The van der Waals surface area contributed by atoms with Crippen LogP contribution >= 0.6 is 0 Å². The third-order valence-electron chi connectivity index (χ3n) is 17.0. The Bertz CT molecular complexity index is 3380. The van der Waals surface area contributed by atoms with Crippen molar-refractivity contribution in [2.45, 2.75) is 136 Å². The van der Waals surface area contributed by atoms with Gasteiger partial charge in [0.05, 0.1) is 5.69 Å². The number of para-hydroxylation sites is 1. The van der Waals surface area contributed by atoms with Crippen molar-refractivity contribution < 1.29 is 4.42 Å². The van der Waals surface area contributed by atoms with Gasteiger partial charge in [-0.2, -0.15) is 0 Å². The molecule has 0 amide bonds. The van der Waals surface area contributed by atoms with Gasteiger partial charge in [-0.25, -0.2) is 0 Å². The molecule has 8 aromatic rings. The van der Waals surface area contributed by atoms with Crippen LogP contribution in [0.4, 0.5) is 34.1 Å². The number of benzene rings is 7. The summed E-state index contributed by atoms with van der Waals surface area (Å²) in [4.78, 5) is 5.29. The first-order chi connectivity index (χ1) is 31.7. The van der Waals surface area contributed by atoms with Gasteiger partial charge in [0.1, 0.15) is 11.2 Å². The lowest BCUT2D eigenvalue weighted by Crippen LogP contribution is -2.62. The fourth-order valence-corrected chi connectivity index (χ4v) is 12.7. The molecule has 0 saturated carbocycles. The van der Waals surface area contributed by atoms with Gasteiger partial charge in [-0.15, -0.1) is 0 Å². The van der Waals surface area contributed by atoms with Gasteiger partial charge in [-0.05, 0) is 164 Å². The van der Waals surface area contributed by atoms with Gasteiger partial charge in [0.25, 0.3) is 6.71 Å². The molecule has 4 heteroatoms. The predicted molar refractivity (Wildman–Crippen MR) is 287 cm³/mol. The maximum atomic E-state index is 6.81. The zero-order chi connectivity index (χ0) is 46.7. The smallest absolute Gasteiger partial charge is 0.252 e. The summed E-state index contributed by atoms with van der Waals surface area (Å²) >= 11 is 0. The van der Waals surface area contributed by atoms with Crippen molar-refractivity contribution >= 4 is 79.2 Å². The van der Waals surface area contributed by atoms with E-state index in [0.717, 1.165) is 29.4 Å². The Morgan fingerprint density at radius 3 is 1.75 bits per heavy atom. The Morgan fingerprint density at radius 2 is 1.06 bits per heavy atom. The summed E-state index contributed by atoms with van der Waals surface area (Å²) in [6.45, 7) is 29.0. The molecule has 0 saturated heterocycles. The molecule has 3 heterocycles. The van der Waals surface area contributed by atoms with E-state index >= 15 is 0 Å². The standard InChI is InChI=1S/C63H65BN2O/c1-38-30-54-58-55(31-38)66(51-25-22-40(59(2,3)4)32-43(51)39-18-14-13-15-19-39)53-37-57-44(42-20-16-17-21-56(42)67-57)34-49(53)64(58)50-35-47-48(63(11,12)29-28-62(47,9)10)36-52(50)65(54)41-23-24-45-46(33-41)61(7,8)27-26-60(45,5)6/h13-25,30-37H,26-29H2,1-12H3. The molecule has 0 bridgehead atoms. The average molecular weight is 877 g/mol. The number of hydrogen-bond donors (Lipinski definition) is 0. The van der Waals surface area contributed by atoms with E-state index in [9.17, 15) is 0 Å². The quantitative estimate of drug-likeness (QED) is 0.165. The van der Waals surface area contributed by atoms with Crippen LogP contribution < -0.4 is 26.2 Å². The lowest BCUT2D eigenvalue weighted by molar-refractivity contribution is 0.332. The van der Waals surface area contributed by atoms with E-state index in [1.165, 1.54) is 113 Å². The Labute approximate surface area is 399 Å². The summed E-state index contributed by atoms with van der Waals surface area (Å²) in [5.41, 5.74) is 24.5. The molecular formula is C63H65BN2O. The number of rotatable bonds is 3. The minimum absolute atomic E-state index is 0.0191. The van der Waals surface area contributed by atoms with E-state index in [1.807, 2.05) is 0 Å². The summed E-state index contributed by atoms with van der Waals surface area (Å²) in [5.74, 6) is 0. The maximum Gasteiger partial charge on any atom is 0.252 e. The monoisotopic (exact) mass is 877 g/mol. The lowest BCUT2D eigenvalue weighted by Gasteiger charge is -2.48. The number of hydrogen-bond acceptors (Lipinski definition) is 3. The minimum Gasteiger partial charge on any atom is -0.456 e. The third-order valence-corrected chi connectivity index (χ3v) is 17.0. The highest BCUT2D eigenvalue weighted by Gasteiger charge is 2.48. The third kappa shape index (κ3) is 6.30. The van der Waals surface area contributed by atoms with Gasteiger partial charge in [0.2, 0.25) is 0 Å². The predicted octanol–water partition coefficient (Wildman–Crippen LogP) is 15.6. The first-order valence-electron chi connectivity index (χ1n) is 25.0. The van der Waals surface area contributed by atoms with Crippen LogP contribution in [0.2, 0.25) is 0 Å². The molecule has 67 heavy (non-hydrogen) atoms. The normalized spacial score (nSPS) is 18.3. The summed E-state index contributed by atoms with van der Waals surface area (Å²) in [5, 5.41) is 2.33. The molecule has 0 unspecified atom stereocenters. The second-order valence-corrected chi connectivity index (χ2v) is 24.4. The van der Waals surface area contributed by atoms with Crippen LogP contribution in [-0.4, -0.2) is 6.71 Å². The molecule has 336 valence electrons. The SMILES string of the molecule is Cc1cc2c3c(c1)N(c1ccc(C(C)(C)C)cc1-c1ccccc1)c1cc4oc5ccccc5c4cc1B3c1cc3c(cc1N2c1ccc2c(c1)C(C)(C)CCC2(C)C)C(C)(C)CCC3(C)C. The summed E-state index contributed by atoms with van der Waals surface area (Å²) < 4.78 is 6.81. The van der Waals surface area contributed by atoms with Crippen molar-refractivity contribution in [2.75, 3.05) is 9.80 Å². The fourth-order valence-electron chi connectivity index (χ4n) is 12.7. The van der Waals surface area contributed by atoms with Crippen LogP contribution in [-0.2, 0) is 27.1 Å². The van der Waals surface area contributed by atoms with Gasteiger partial charge < -0.3 is 14.2 Å².